The third-order valence-electron chi connectivity index (χ3n) is 3.41. The molecule has 0 N–H and O–H groups in total. The number of rotatable bonds is 15. The molecule has 0 aliphatic heterocycles. The smallest absolute Gasteiger partial charge is 0.417 e. The van der Waals surface area contributed by atoms with Crippen LogP contribution < -0.4 is 0 Å². The van der Waals surface area contributed by atoms with E-state index in [0.29, 0.717) is 6.61 Å². The van der Waals surface area contributed by atoms with Gasteiger partial charge in [0.15, 0.2) is 0 Å². The average Bonchev–Trinajstić information content (AvgIpc) is 2.39. The van der Waals surface area contributed by atoms with Crippen molar-refractivity contribution in [2.45, 2.75) is 90.4 Å². The highest BCUT2D eigenvalue weighted by Crippen LogP contribution is 2.12. The molecule has 2 heteroatoms. The molecule has 0 saturated heterocycles. The Labute approximate surface area is 113 Å². The van der Waals surface area contributed by atoms with Crippen molar-refractivity contribution in [1.82, 2.24) is 0 Å². The second-order valence-electron chi connectivity index (χ2n) is 5.17. The van der Waals surface area contributed by atoms with Crippen LogP contribution in [0.2, 0.25) is 0 Å². The highest BCUT2D eigenvalue weighted by molar-refractivity contribution is 5.37. The van der Waals surface area contributed by atoms with Crippen LogP contribution in [-0.4, -0.2) is 13.1 Å². The third-order valence-corrected chi connectivity index (χ3v) is 3.41. The molecule has 0 aromatic rings. The first-order valence-electron chi connectivity index (χ1n) is 7.90. The van der Waals surface area contributed by atoms with Crippen molar-refractivity contribution in [3.63, 3.8) is 0 Å². The highest BCUT2D eigenvalue weighted by Gasteiger charge is 1.93. The minimum Gasteiger partial charge on any atom is -0.457 e. The van der Waals surface area contributed by atoms with Crippen LogP contribution in [0.5, 0.6) is 0 Å². The summed E-state index contributed by atoms with van der Waals surface area (Å²) in [5.41, 5.74) is 0. The van der Waals surface area contributed by atoms with Crippen LogP contribution in [0.4, 0.5) is 0 Å². The largest absolute Gasteiger partial charge is 0.457 e. The van der Waals surface area contributed by atoms with Gasteiger partial charge in [0.25, 0.3) is 0 Å². The first kappa shape index (κ1) is 17.5. The summed E-state index contributed by atoms with van der Waals surface area (Å²) in [7, 11) is 0. The molecule has 0 aromatic carbocycles. The van der Waals surface area contributed by atoms with Crippen LogP contribution >= 0.6 is 0 Å². The van der Waals surface area contributed by atoms with Gasteiger partial charge in [0.2, 0.25) is 0 Å². The summed E-state index contributed by atoms with van der Waals surface area (Å²) in [6.07, 6.45) is 17.4. The van der Waals surface area contributed by atoms with Crippen LogP contribution in [-0.2, 0) is 9.53 Å². The van der Waals surface area contributed by atoms with Crippen LogP contribution in [0.1, 0.15) is 90.4 Å². The summed E-state index contributed by atoms with van der Waals surface area (Å²) in [5, 5.41) is 0. The lowest BCUT2D eigenvalue weighted by Gasteiger charge is -2.02. The summed E-state index contributed by atoms with van der Waals surface area (Å²) in [5.74, 6) is 0. The Bertz CT molecular complexity index is 157. The van der Waals surface area contributed by atoms with E-state index in [-0.39, 0.29) is 0 Å². The number of unbranched alkanes of at least 4 members (excludes halogenated alkanes) is 12. The van der Waals surface area contributed by atoms with E-state index in [1.54, 1.807) is 0 Å². The lowest BCUT2D eigenvalue weighted by Crippen LogP contribution is -1.91. The van der Waals surface area contributed by atoms with Crippen LogP contribution in [0.15, 0.2) is 0 Å². The van der Waals surface area contributed by atoms with Crippen molar-refractivity contribution in [2.75, 3.05) is 6.61 Å². The summed E-state index contributed by atoms with van der Waals surface area (Å²) in [6.45, 7) is 4.27. The van der Waals surface area contributed by atoms with Crippen LogP contribution in [0, 0.1) is 0 Å². The Kier molecular flexibility index (Phi) is 16.0. The van der Waals surface area contributed by atoms with Crippen LogP contribution in [0.3, 0.4) is 0 Å². The zero-order chi connectivity index (χ0) is 13.3. The summed E-state index contributed by atoms with van der Waals surface area (Å²) in [4.78, 5) is 9.78. The average molecular weight is 255 g/mol. The molecule has 0 atom stereocenters. The van der Waals surface area contributed by atoms with Gasteiger partial charge < -0.3 is 4.74 Å². The summed E-state index contributed by atoms with van der Waals surface area (Å²) >= 11 is 0. The minimum absolute atomic E-state index is 0.543. The first-order chi connectivity index (χ1) is 8.91. The molecule has 0 aliphatic carbocycles. The number of carbonyl (C=O) groups excluding carboxylic acids is 1. The molecule has 2 nitrogen and oxygen atoms in total. The molecule has 0 aliphatic rings. The van der Waals surface area contributed by atoms with Gasteiger partial charge in [-0.3, -0.25) is 0 Å². The van der Waals surface area contributed by atoms with Gasteiger partial charge in [0, 0.05) is 0 Å². The van der Waals surface area contributed by atoms with E-state index in [2.05, 4.69) is 11.7 Å². The van der Waals surface area contributed by atoms with Gasteiger partial charge in [-0.1, -0.05) is 84.0 Å². The fourth-order valence-electron chi connectivity index (χ4n) is 2.23. The summed E-state index contributed by atoms with van der Waals surface area (Å²) in [6, 6.07) is 0. The van der Waals surface area contributed by atoms with E-state index in [4.69, 9.17) is 0 Å². The van der Waals surface area contributed by atoms with Crippen molar-refractivity contribution in [3.05, 3.63) is 0 Å². The maximum atomic E-state index is 9.78. The van der Waals surface area contributed by atoms with Gasteiger partial charge in [-0.25, -0.2) is 4.79 Å². The van der Waals surface area contributed by atoms with Gasteiger partial charge in [0.05, 0.1) is 6.61 Å². The Morgan fingerprint density at radius 2 is 1.06 bits per heavy atom. The SMILES string of the molecule is CCCCCCCCCCCCCCCO[C]=O. The maximum absolute atomic E-state index is 9.78. The number of ether oxygens (including phenoxy) is 1. The fourth-order valence-corrected chi connectivity index (χ4v) is 2.23. The second-order valence-corrected chi connectivity index (χ2v) is 5.17. The van der Waals surface area contributed by atoms with Crippen molar-refractivity contribution in [1.29, 1.82) is 0 Å². The molecule has 0 fully saturated rings. The highest BCUT2D eigenvalue weighted by atomic mass is 16.5. The van der Waals surface area contributed by atoms with Crippen molar-refractivity contribution in [2.24, 2.45) is 0 Å². The molecule has 107 valence electrons. The molecule has 0 saturated carbocycles. The van der Waals surface area contributed by atoms with Crippen molar-refractivity contribution >= 4 is 6.47 Å². The topological polar surface area (TPSA) is 26.3 Å². The van der Waals surface area contributed by atoms with E-state index >= 15 is 0 Å². The molecule has 0 bridgehead atoms. The van der Waals surface area contributed by atoms with Gasteiger partial charge >= 0.3 is 6.47 Å². The molecule has 18 heavy (non-hydrogen) atoms. The van der Waals surface area contributed by atoms with Crippen LogP contribution in [0.25, 0.3) is 0 Å². The molecule has 0 spiro atoms. The number of hydrogen-bond donors (Lipinski definition) is 0. The molecule has 0 aromatic heterocycles. The fraction of sp³-hybridized carbons (Fsp3) is 0.938. The quantitative estimate of drug-likeness (QED) is 0.378. The predicted molar refractivity (Wildman–Crippen MR) is 77.3 cm³/mol. The predicted octanol–water partition coefficient (Wildman–Crippen LogP) is 5.16. The van der Waals surface area contributed by atoms with Crippen molar-refractivity contribution < 1.29 is 9.53 Å². The molecule has 0 heterocycles. The number of hydrogen-bond acceptors (Lipinski definition) is 2. The third kappa shape index (κ3) is 15.5. The lowest BCUT2D eigenvalue weighted by molar-refractivity contribution is 0.268. The Balaban J connectivity index is 2.88. The van der Waals surface area contributed by atoms with E-state index in [0.717, 1.165) is 6.42 Å². The first-order valence-corrected chi connectivity index (χ1v) is 7.90. The zero-order valence-corrected chi connectivity index (χ0v) is 12.2. The Hall–Kier alpha value is -0.530. The normalized spacial score (nSPS) is 10.5. The Morgan fingerprint density at radius 1 is 0.667 bits per heavy atom. The van der Waals surface area contributed by atoms with Gasteiger partial charge in [0.1, 0.15) is 0 Å². The molecular weight excluding hydrogens is 224 g/mol. The molecular formula is C16H31O2. The zero-order valence-electron chi connectivity index (χ0n) is 12.2. The van der Waals surface area contributed by atoms with E-state index in [1.807, 2.05) is 0 Å². The van der Waals surface area contributed by atoms with Gasteiger partial charge in [-0.05, 0) is 6.42 Å². The summed E-state index contributed by atoms with van der Waals surface area (Å²) < 4.78 is 4.53. The van der Waals surface area contributed by atoms with Gasteiger partial charge in [-0.2, -0.15) is 0 Å². The molecule has 0 rings (SSSR count). The minimum atomic E-state index is 0.543. The maximum Gasteiger partial charge on any atom is 0.417 e. The van der Waals surface area contributed by atoms with Crippen molar-refractivity contribution in [3.8, 4) is 0 Å². The Morgan fingerprint density at radius 3 is 1.44 bits per heavy atom. The lowest BCUT2D eigenvalue weighted by atomic mass is 10.0. The van der Waals surface area contributed by atoms with Gasteiger partial charge in [-0.15, -0.1) is 0 Å². The van der Waals surface area contributed by atoms with E-state index in [9.17, 15) is 4.79 Å². The van der Waals surface area contributed by atoms with E-state index in [1.165, 1.54) is 83.5 Å². The van der Waals surface area contributed by atoms with E-state index < -0.39 is 0 Å². The standard InChI is InChI=1S/C16H31O2/c1-2-3-4-5-6-7-8-9-10-11-12-13-14-15-18-16-17/h2-15H2,1H3. The monoisotopic (exact) mass is 255 g/mol. The molecule has 0 unspecified atom stereocenters. The molecule has 1 radical (unpaired) electrons. The molecule has 0 amide bonds. The second kappa shape index (κ2) is 16.5.